The maximum atomic E-state index is 12.4. The highest BCUT2D eigenvalue weighted by atomic mass is 79.9. The summed E-state index contributed by atoms with van der Waals surface area (Å²) in [5.41, 5.74) is 0. The molecule has 1 aromatic heterocycles. The molecule has 3 unspecified atom stereocenters. The van der Waals surface area contributed by atoms with Gasteiger partial charge in [0.1, 0.15) is 10.0 Å². The molecule has 4 nitrogen and oxygen atoms in total. The summed E-state index contributed by atoms with van der Waals surface area (Å²) in [6.07, 6.45) is 5.95. The molecular formula is C12H14BrClN2O2S. The lowest BCUT2D eigenvalue weighted by Gasteiger charge is -2.22. The van der Waals surface area contributed by atoms with Gasteiger partial charge < -0.3 is 0 Å². The van der Waals surface area contributed by atoms with E-state index >= 15 is 0 Å². The lowest BCUT2D eigenvalue weighted by atomic mass is 9.96. The third-order valence-corrected chi connectivity index (χ3v) is 6.46. The normalized spacial score (nSPS) is 29.9. The largest absolute Gasteiger partial charge is 0.243 e. The lowest BCUT2D eigenvalue weighted by Crippen LogP contribution is -2.38. The Balaban J connectivity index is 1.85. The minimum Gasteiger partial charge on any atom is -0.242 e. The molecule has 1 heterocycles. The van der Waals surface area contributed by atoms with E-state index in [4.69, 9.17) is 11.6 Å². The zero-order valence-corrected chi connectivity index (χ0v) is 13.3. The van der Waals surface area contributed by atoms with Gasteiger partial charge in [0.15, 0.2) is 0 Å². The van der Waals surface area contributed by atoms with E-state index in [9.17, 15) is 8.42 Å². The van der Waals surface area contributed by atoms with Crippen LogP contribution in [0.3, 0.4) is 0 Å². The molecule has 0 saturated heterocycles. The second-order valence-electron chi connectivity index (χ2n) is 5.35. The van der Waals surface area contributed by atoms with Crippen molar-refractivity contribution < 1.29 is 8.42 Å². The monoisotopic (exact) mass is 364 g/mol. The van der Waals surface area contributed by atoms with Crippen molar-refractivity contribution in [3.8, 4) is 0 Å². The lowest BCUT2D eigenvalue weighted by molar-refractivity contribution is 0.390. The first-order chi connectivity index (χ1) is 8.95. The second-order valence-corrected chi connectivity index (χ2v) is 8.30. The van der Waals surface area contributed by atoms with Crippen LogP contribution in [0, 0.1) is 11.8 Å². The van der Waals surface area contributed by atoms with Crippen LogP contribution in [0.1, 0.15) is 25.7 Å². The minimum absolute atomic E-state index is 0.0128. The van der Waals surface area contributed by atoms with Gasteiger partial charge in [-0.2, -0.15) is 0 Å². The van der Waals surface area contributed by atoms with Gasteiger partial charge in [-0.15, -0.1) is 0 Å². The fourth-order valence-electron chi connectivity index (χ4n) is 3.24. The van der Waals surface area contributed by atoms with Gasteiger partial charge in [-0.05, 0) is 53.1 Å². The third-order valence-electron chi connectivity index (χ3n) is 4.11. The van der Waals surface area contributed by atoms with Crippen LogP contribution in [0.5, 0.6) is 0 Å². The summed E-state index contributed by atoms with van der Waals surface area (Å²) in [6.45, 7) is 0. The molecule has 0 amide bonds. The minimum atomic E-state index is -3.59. The van der Waals surface area contributed by atoms with Crippen LogP contribution in [0.25, 0.3) is 0 Å². The Morgan fingerprint density at radius 2 is 2.16 bits per heavy atom. The van der Waals surface area contributed by atoms with Crippen molar-refractivity contribution in [2.45, 2.75) is 36.6 Å². The van der Waals surface area contributed by atoms with E-state index in [2.05, 4.69) is 25.6 Å². The van der Waals surface area contributed by atoms with Gasteiger partial charge in [0, 0.05) is 16.7 Å². The number of rotatable bonds is 3. The number of sulfonamides is 1. The van der Waals surface area contributed by atoms with E-state index in [-0.39, 0.29) is 16.1 Å². The predicted octanol–water partition coefficient (Wildman–Crippen LogP) is 2.96. The van der Waals surface area contributed by atoms with Crippen LogP contribution in [0.4, 0.5) is 0 Å². The quantitative estimate of drug-likeness (QED) is 0.838. The summed E-state index contributed by atoms with van der Waals surface area (Å²) in [5, 5.41) is 0.0128. The van der Waals surface area contributed by atoms with E-state index in [0.29, 0.717) is 16.3 Å². The fourth-order valence-corrected chi connectivity index (χ4v) is 5.51. The van der Waals surface area contributed by atoms with Gasteiger partial charge in [0.25, 0.3) is 0 Å². The predicted molar refractivity (Wildman–Crippen MR) is 76.5 cm³/mol. The highest BCUT2D eigenvalue weighted by Gasteiger charge is 2.41. The smallest absolute Gasteiger partial charge is 0.242 e. The SMILES string of the molecule is O=S(=O)(NC1CC2CCC1C2)c1cc(Br)cnc1Cl. The Bertz CT molecular complexity index is 608. The second kappa shape index (κ2) is 4.98. The van der Waals surface area contributed by atoms with E-state index in [1.165, 1.54) is 18.7 Å². The maximum absolute atomic E-state index is 12.4. The van der Waals surface area contributed by atoms with Gasteiger partial charge in [0.2, 0.25) is 10.0 Å². The number of nitrogens with zero attached hydrogens (tertiary/aromatic N) is 1. The molecular weight excluding hydrogens is 352 g/mol. The molecule has 104 valence electrons. The van der Waals surface area contributed by atoms with Crippen molar-refractivity contribution in [1.29, 1.82) is 0 Å². The summed E-state index contributed by atoms with van der Waals surface area (Å²) in [7, 11) is -3.59. The first kappa shape index (κ1) is 13.8. The standard InChI is InChI=1S/C12H14BrClN2O2S/c13-9-5-11(12(14)15-6-9)19(17,18)16-10-4-7-1-2-8(10)3-7/h5-8,10,16H,1-4H2. The van der Waals surface area contributed by atoms with Crippen molar-refractivity contribution in [3.63, 3.8) is 0 Å². The topological polar surface area (TPSA) is 59.1 Å². The molecule has 2 aliphatic rings. The van der Waals surface area contributed by atoms with Crippen molar-refractivity contribution in [2.24, 2.45) is 11.8 Å². The Hall–Kier alpha value is -0.170. The number of fused-ring (bicyclic) bond motifs is 2. The molecule has 3 atom stereocenters. The summed E-state index contributed by atoms with van der Waals surface area (Å²) in [5.74, 6) is 1.17. The van der Waals surface area contributed by atoms with Gasteiger partial charge in [-0.25, -0.2) is 18.1 Å². The molecule has 0 spiro atoms. The zero-order chi connectivity index (χ0) is 13.6. The molecule has 2 fully saturated rings. The van der Waals surface area contributed by atoms with E-state index < -0.39 is 10.0 Å². The van der Waals surface area contributed by atoms with E-state index in [1.54, 1.807) is 0 Å². The van der Waals surface area contributed by atoms with Crippen LogP contribution in [-0.4, -0.2) is 19.4 Å². The molecule has 0 aliphatic heterocycles. The van der Waals surface area contributed by atoms with Gasteiger partial charge in [-0.3, -0.25) is 0 Å². The van der Waals surface area contributed by atoms with Crippen LogP contribution >= 0.6 is 27.5 Å². The summed E-state index contributed by atoms with van der Waals surface area (Å²) in [4.78, 5) is 3.91. The molecule has 0 aromatic carbocycles. The highest BCUT2D eigenvalue weighted by Crippen LogP contribution is 2.45. The number of pyridine rings is 1. The van der Waals surface area contributed by atoms with Gasteiger partial charge in [-0.1, -0.05) is 18.0 Å². The Morgan fingerprint density at radius 1 is 1.37 bits per heavy atom. The molecule has 2 aliphatic carbocycles. The first-order valence-corrected chi connectivity index (χ1v) is 8.94. The molecule has 1 aromatic rings. The first-order valence-electron chi connectivity index (χ1n) is 6.29. The Kier molecular flexibility index (Phi) is 3.62. The molecule has 2 saturated carbocycles. The Morgan fingerprint density at radius 3 is 2.79 bits per heavy atom. The van der Waals surface area contributed by atoms with Gasteiger partial charge >= 0.3 is 0 Å². The van der Waals surface area contributed by atoms with Crippen LogP contribution < -0.4 is 4.72 Å². The molecule has 2 bridgehead atoms. The van der Waals surface area contributed by atoms with Crippen LogP contribution in [0.2, 0.25) is 5.15 Å². The molecule has 0 radical (unpaired) electrons. The summed E-state index contributed by atoms with van der Waals surface area (Å²) < 4.78 is 28.2. The van der Waals surface area contributed by atoms with Crippen molar-refractivity contribution >= 4 is 37.6 Å². The van der Waals surface area contributed by atoms with Crippen molar-refractivity contribution in [3.05, 3.63) is 21.9 Å². The zero-order valence-electron chi connectivity index (χ0n) is 10.1. The van der Waals surface area contributed by atoms with Crippen LogP contribution in [0.15, 0.2) is 21.6 Å². The van der Waals surface area contributed by atoms with Crippen molar-refractivity contribution in [2.75, 3.05) is 0 Å². The molecule has 1 N–H and O–H groups in total. The number of aromatic nitrogens is 1. The van der Waals surface area contributed by atoms with E-state index in [0.717, 1.165) is 19.3 Å². The summed E-state index contributed by atoms with van der Waals surface area (Å²) >= 11 is 9.11. The van der Waals surface area contributed by atoms with E-state index in [1.807, 2.05) is 0 Å². The Labute approximate surface area is 126 Å². The van der Waals surface area contributed by atoms with Crippen molar-refractivity contribution in [1.82, 2.24) is 9.71 Å². The highest BCUT2D eigenvalue weighted by molar-refractivity contribution is 9.10. The number of nitrogens with one attached hydrogen (secondary N) is 1. The summed E-state index contributed by atoms with van der Waals surface area (Å²) in [6, 6.07) is 1.55. The molecule has 7 heteroatoms. The van der Waals surface area contributed by atoms with Gasteiger partial charge in [0.05, 0.1) is 0 Å². The average molecular weight is 366 g/mol. The molecule has 19 heavy (non-hydrogen) atoms. The van der Waals surface area contributed by atoms with Crippen LogP contribution in [-0.2, 0) is 10.0 Å². The average Bonchev–Trinajstić information content (AvgIpc) is 2.93. The third kappa shape index (κ3) is 2.68. The number of halogens is 2. The number of hydrogen-bond acceptors (Lipinski definition) is 3. The molecule has 3 rings (SSSR count). The number of hydrogen-bond donors (Lipinski definition) is 1. The maximum Gasteiger partial charge on any atom is 0.243 e. The fraction of sp³-hybridized carbons (Fsp3) is 0.583.